The Kier molecular flexibility index (Phi) is 1.76. The number of ether oxygens (including phenoxy) is 1. The van der Waals surface area contributed by atoms with E-state index in [2.05, 4.69) is 42.6 Å². The van der Waals surface area contributed by atoms with Crippen LogP contribution in [0.4, 0.5) is 0 Å². The second-order valence-corrected chi connectivity index (χ2v) is 3.24. The van der Waals surface area contributed by atoms with E-state index in [4.69, 9.17) is 4.74 Å². The number of methoxy groups -OCH3 is 1. The summed E-state index contributed by atoms with van der Waals surface area (Å²) in [5.74, 6) is 0.962. The highest BCUT2D eigenvalue weighted by molar-refractivity contribution is 5.61. The van der Waals surface area contributed by atoms with Crippen molar-refractivity contribution < 1.29 is 4.74 Å². The molecule has 13 heavy (non-hydrogen) atoms. The van der Waals surface area contributed by atoms with Gasteiger partial charge in [-0.1, -0.05) is 0 Å². The van der Waals surface area contributed by atoms with Gasteiger partial charge < -0.3 is 9.14 Å². The van der Waals surface area contributed by atoms with Crippen LogP contribution in [0.15, 0.2) is 24.4 Å². The third kappa shape index (κ3) is 1.10. The van der Waals surface area contributed by atoms with Crippen LogP contribution in [0.3, 0.4) is 0 Å². The van der Waals surface area contributed by atoms with Gasteiger partial charge in [0.1, 0.15) is 5.75 Å². The maximum absolute atomic E-state index is 5.29. The average molecular weight is 175 g/mol. The Bertz CT molecular complexity index is 443. The summed E-state index contributed by atoms with van der Waals surface area (Å²) >= 11 is 0. The highest BCUT2D eigenvalue weighted by Crippen LogP contribution is 2.24. The van der Waals surface area contributed by atoms with Crippen molar-refractivity contribution in [1.82, 2.24) is 4.40 Å². The molecular weight excluding hydrogens is 162 g/mol. The second kappa shape index (κ2) is 2.80. The molecule has 2 aromatic heterocycles. The van der Waals surface area contributed by atoms with E-state index in [9.17, 15) is 0 Å². The Balaban J connectivity index is 2.85. The van der Waals surface area contributed by atoms with E-state index in [1.807, 2.05) is 0 Å². The zero-order chi connectivity index (χ0) is 9.42. The third-order valence-corrected chi connectivity index (χ3v) is 2.44. The molecule has 0 radical (unpaired) electrons. The molecule has 0 saturated heterocycles. The van der Waals surface area contributed by atoms with E-state index in [0.717, 1.165) is 5.75 Å². The first-order valence-electron chi connectivity index (χ1n) is 4.35. The van der Waals surface area contributed by atoms with Crippen molar-refractivity contribution in [2.24, 2.45) is 0 Å². The van der Waals surface area contributed by atoms with Crippen LogP contribution in [0.25, 0.3) is 5.52 Å². The summed E-state index contributed by atoms with van der Waals surface area (Å²) in [4.78, 5) is 0. The fraction of sp³-hybridized carbons (Fsp3) is 0.273. The number of aromatic nitrogens is 1. The van der Waals surface area contributed by atoms with E-state index >= 15 is 0 Å². The van der Waals surface area contributed by atoms with Crippen LogP contribution in [0, 0.1) is 13.8 Å². The minimum Gasteiger partial charge on any atom is -0.496 e. The van der Waals surface area contributed by atoms with Gasteiger partial charge in [-0.25, -0.2) is 0 Å². The standard InChI is InChI=1S/C11H13NO/c1-8-7-11(13-3)9(2)10-5-4-6-12(8)10/h4-7H,1-3H3. The predicted octanol–water partition coefficient (Wildman–Crippen LogP) is 2.56. The molecule has 2 heterocycles. The lowest BCUT2D eigenvalue weighted by atomic mass is 10.2. The molecular formula is C11H13NO. The first kappa shape index (κ1) is 8.17. The molecule has 2 nitrogen and oxygen atoms in total. The maximum Gasteiger partial charge on any atom is 0.125 e. The van der Waals surface area contributed by atoms with Gasteiger partial charge in [0.2, 0.25) is 0 Å². The summed E-state index contributed by atoms with van der Waals surface area (Å²) in [6, 6.07) is 6.21. The van der Waals surface area contributed by atoms with E-state index in [0.29, 0.717) is 0 Å². The number of nitrogens with zero attached hydrogens (tertiary/aromatic N) is 1. The van der Waals surface area contributed by atoms with Gasteiger partial charge in [-0.15, -0.1) is 0 Å². The summed E-state index contributed by atoms with van der Waals surface area (Å²) in [6.45, 7) is 4.16. The first-order chi connectivity index (χ1) is 6.24. The smallest absolute Gasteiger partial charge is 0.125 e. The number of hydrogen-bond donors (Lipinski definition) is 0. The molecule has 0 aromatic carbocycles. The highest BCUT2D eigenvalue weighted by atomic mass is 16.5. The highest BCUT2D eigenvalue weighted by Gasteiger charge is 2.05. The lowest BCUT2D eigenvalue weighted by molar-refractivity contribution is 0.411. The van der Waals surface area contributed by atoms with Gasteiger partial charge in [0.15, 0.2) is 0 Å². The summed E-state index contributed by atoms with van der Waals surface area (Å²) in [5, 5.41) is 0. The Morgan fingerprint density at radius 2 is 2.08 bits per heavy atom. The van der Waals surface area contributed by atoms with Gasteiger partial charge in [-0.05, 0) is 26.0 Å². The maximum atomic E-state index is 5.29. The third-order valence-electron chi connectivity index (χ3n) is 2.44. The summed E-state index contributed by atoms with van der Waals surface area (Å²) in [5.41, 5.74) is 3.61. The molecule has 0 N–H and O–H groups in total. The van der Waals surface area contributed by atoms with Gasteiger partial charge in [0.25, 0.3) is 0 Å². The molecule has 0 aliphatic rings. The number of fused-ring (bicyclic) bond motifs is 1. The summed E-state index contributed by atoms with van der Waals surface area (Å²) < 4.78 is 7.45. The molecule has 68 valence electrons. The zero-order valence-corrected chi connectivity index (χ0v) is 8.16. The van der Waals surface area contributed by atoms with Crippen LogP contribution < -0.4 is 4.74 Å². The van der Waals surface area contributed by atoms with Crippen molar-refractivity contribution in [3.8, 4) is 5.75 Å². The minimum atomic E-state index is 0.962. The fourth-order valence-corrected chi connectivity index (χ4v) is 1.70. The van der Waals surface area contributed by atoms with Crippen LogP contribution in [-0.2, 0) is 0 Å². The van der Waals surface area contributed by atoms with Gasteiger partial charge in [0, 0.05) is 23.5 Å². The summed E-state index contributed by atoms with van der Waals surface area (Å²) in [7, 11) is 1.71. The quantitative estimate of drug-likeness (QED) is 0.649. The normalized spacial score (nSPS) is 10.7. The van der Waals surface area contributed by atoms with Gasteiger partial charge in [-0.2, -0.15) is 0 Å². The average Bonchev–Trinajstić information content (AvgIpc) is 2.60. The largest absolute Gasteiger partial charge is 0.496 e. The van der Waals surface area contributed by atoms with E-state index in [1.54, 1.807) is 7.11 Å². The molecule has 0 unspecified atom stereocenters. The molecule has 0 saturated carbocycles. The molecule has 0 fully saturated rings. The lowest BCUT2D eigenvalue weighted by Crippen LogP contribution is -1.95. The number of rotatable bonds is 1. The molecule has 0 aliphatic heterocycles. The fourth-order valence-electron chi connectivity index (χ4n) is 1.70. The molecule has 0 aliphatic carbocycles. The Morgan fingerprint density at radius 1 is 1.31 bits per heavy atom. The van der Waals surface area contributed by atoms with Gasteiger partial charge in [-0.3, -0.25) is 0 Å². The molecule has 0 amide bonds. The van der Waals surface area contributed by atoms with Crippen molar-refractivity contribution in [3.63, 3.8) is 0 Å². The number of pyridine rings is 1. The van der Waals surface area contributed by atoms with Crippen molar-refractivity contribution in [2.75, 3.05) is 7.11 Å². The zero-order valence-electron chi connectivity index (χ0n) is 8.16. The van der Waals surface area contributed by atoms with Crippen molar-refractivity contribution >= 4 is 5.52 Å². The van der Waals surface area contributed by atoms with E-state index in [1.165, 1.54) is 16.8 Å². The number of aryl methyl sites for hydroxylation is 2. The molecule has 0 atom stereocenters. The van der Waals surface area contributed by atoms with Gasteiger partial charge >= 0.3 is 0 Å². The topological polar surface area (TPSA) is 13.6 Å². The molecule has 0 bridgehead atoms. The summed E-state index contributed by atoms with van der Waals surface area (Å²) in [6.07, 6.45) is 2.07. The van der Waals surface area contributed by atoms with Crippen LogP contribution in [0.1, 0.15) is 11.3 Å². The minimum absolute atomic E-state index is 0.962. The molecule has 2 rings (SSSR count). The van der Waals surface area contributed by atoms with Gasteiger partial charge in [0.05, 0.1) is 12.6 Å². The predicted molar refractivity (Wildman–Crippen MR) is 53.4 cm³/mol. The van der Waals surface area contributed by atoms with Crippen molar-refractivity contribution in [1.29, 1.82) is 0 Å². The van der Waals surface area contributed by atoms with Crippen molar-refractivity contribution in [2.45, 2.75) is 13.8 Å². The molecule has 0 spiro atoms. The van der Waals surface area contributed by atoms with E-state index in [-0.39, 0.29) is 0 Å². The Hall–Kier alpha value is -1.44. The Morgan fingerprint density at radius 3 is 2.77 bits per heavy atom. The second-order valence-electron chi connectivity index (χ2n) is 3.24. The van der Waals surface area contributed by atoms with Crippen LogP contribution in [0.2, 0.25) is 0 Å². The Labute approximate surface area is 77.8 Å². The number of hydrogen-bond acceptors (Lipinski definition) is 1. The molecule has 2 aromatic rings. The SMILES string of the molecule is COc1cc(C)n2cccc2c1C. The first-order valence-corrected chi connectivity index (χ1v) is 4.35. The van der Waals surface area contributed by atoms with Crippen LogP contribution >= 0.6 is 0 Å². The van der Waals surface area contributed by atoms with Crippen molar-refractivity contribution in [3.05, 3.63) is 35.7 Å². The lowest BCUT2D eigenvalue weighted by Gasteiger charge is -2.09. The van der Waals surface area contributed by atoms with Crippen LogP contribution in [-0.4, -0.2) is 11.5 Å². The van der Waals surface area contributed by atoms with Crippen LogP contribution in [0.5, 0.6) is 5.75 Å². The van der Waals surface area contributed by atoms with E-state index < -0.39 is 0 Å². The monoisotopic (exact) mass is 175 g/mol. The molecule has 2 heteroatoms.